The van der Waals surface area contributed by atoms with Crippen LogP contribution in [-0.2, 0) is 9.47 Å². The Morgan fingerprint density at radius 2 is 1.91 bits per heavy atom. The molecule has 4 rings (SSSR count). The van der Waals surface area contributed by atoms with Gasteiger partial charge in [-0.3, -0.25) is 14.8 Å². The van der Waals surface area contributed by atoms with Gasteiger partial charge in [-0.15, -0.1) is 0 Å². The van der Waals surface area contributed by atoms with Crippen LogP contribution in [0.2, 0.25) is 0 Å². The van der Waals surface area contributed by atoms with Gasteiger partial charge in [-0.1, -0.05) is 0 Å². The van der Waals surface area contributed by atoms with Crippen molar-refractivity contribution in [3.05, 3.63) is 36.2 Å². The number of rotatable bonds is 2. The van der Waals surface area contributed by atoms with Gasteiger partial charge in [0.05, 0.1) is 30.3 Å². The van der Waals surface area contributed by atoms with Crippen molar-refractivity contribution in [2.24, 2.45) is 0 Å². The Hall–Kier alpha value is -2.09. The fourth-order valence-corrected chi connectivity index (χ4v) is 2.96. The van der Waals surface area contributed by atoms with Crippen molar-refractivity contribution >= 4 is 16.9 Å². The molecule has 0 spiro atoms. The summed E-state index contributed by atoms with van der Waals surface area (Å²) in [6, 6.07) is 4.92. The molecule has 7 heteroatoms. The zero-order chi connectivity index (χ0) is 15.1. The highest BCUT2D eigenvalue weighted by molar-refractivity contribution is 5.97. The molecule has 0 bridgehead atoms. The largest absolute Gasteiger partial charge is 0.388 e. The Balaban J connectivity index is 1.51. The summed E-state index contributed by atoms with van der Waals surface area (Å²) in [5.74, 6) is -0.216. The van der Waals surface area contributed by atoms with Crippen molar-refractivity contribution in [3.63, 3.8) is 0 Å². The van der Waals surface area contributed by atoms with E-state index in [0.29, 0.717) is 17.7 Å². The van der Waals surface area contributed by atoms with E-state index in [9.17, 15) is 9.90 Å². The summed E-state index contributed by atoms with van der Waals surface area (Å²) in [7, 11) is 0. The number of hydrogen-bond acceptors (Lipinski definition) is 6. The van der Waals surface area contributed by atoms with Gasteiger partial charge in [0.15, 0.2) is 0 Å². The zero-order valence-electron chi connectivity index (χ0n) is 11.7. The van der Waals surface area contributed by atoms with Gasteiger partial charge in [-0.2, -0.15) is 0 Å². The molecule has 2 aliphatic heterocycles. The van der Waals surface area contributed by atoms with Crippen LogP contribution in [0.5, 0.6) is 0 Å². The molecule has 0 aliphatic carbocycles. The molecule has 1 amide bonds. The molecule has 2 saturated heterocycles. The summed E-state index contributed by atoms with van der Waals surface area (Å²) in [5, 5.41) is 12.6. The first-order chi connectivity index (χ1) is 10.7. The number of benzene rings is 1. The molecule has 7 nitrogen and oxygen atoms in total. The van der Waals surface area contributed by atoms with Crippen LogP contribution in [0.4, 0.5) is 0 Å². The Bertz CT molecular complexity index is 723. The molecule has 2 fully saturated rings. The van der Waals surface area contributed by atoms with Crippen LogP contribution in [0.3, 0.4) is 0 Å². The van der Waals surface area contributed by atoms with Crippen molar-refractivity contribution in [1.82, 2.24) is 15.3 Å². The minimum atomic E-state index is -0.622. The second-order valence-corrected chi connectivity index (χ2v) is 5.50. The number of aliphatic hydroxyl groups is 1. The van der Waals surface area contributed by atoms with Crippen LogP contribution in [-0.4, -0.2) is 58.5 Å². The molecule has 114 valence electrons. The fourth-order valence-electron chi connectivity index (χ4n) is 2.96. The van der Waals surface area contributed by atoms with E-state index in [2.05, 4.69) is 15.3 Å². The molecule has 4 atom stereocenters. The fraction of sp³-hybridized carbons (Fsp3) is 0.400. The molecule has 0 unspecified atom stereocenters. The number of aromatic nitrogens is 2. The third-order valence-electron chi connectivity index (χ3n) is 4.08. The van der Waals surface area contributed by atoms with E-state index in [-0.39, 0.29) is 30.8 Å². The molecule has 2 aromatic rings. The first-order valence-electron chi connectivity index (χ1n) is 7.15. The zero-order valence-corrected chi connectivity index (χ0v) is 11.7. The molecule has 22 heavy (non-hydrogen) atoms. The van der Waals surface area contributed by atoms with Gasteiger partial charge in [0.1, 0.15) is 18.3 Å². The van der Waals surface area contributed by atoms with Gasteiger partial charge < -0.3 is 19.9 Å². The van der Waals surface area contributed by atoms with Crippen molar-refractivity contribution in [2.45, 2.75) is 24.4 Å². The number of nitrogens with one attached hydrogen (secondary N) is 1. The van der Waals surface area contributed by atoms with Crippen molar-refractivity contribution in [3.8, 4) is 0 Å². The topological polar surface area (TPSA) is 93.6 Å². The SMILES string of the molecule is O=C(N[C@@H]1CO[C@H]2[C@@H]1OC[C@H]2O)c1ccc2nccnc2c1. The first kappa shape index (κ1) is 13.6. The smallest absolute Gasteiger partial charge is 0.251 e. The number of carbonyl (C=O) groups excluding carboxylic acids is 1. The van der Waals surface area contributed by atoms with Crippen molar-refractivity contribution in [1.29, 1.82) is 0 Å². The molecular weight excluding hydrogens is 286 g/mol. The van der Waals surface area contributed by atoms with E-state index in [1.165, 1.54) is 0 Å². The van der Waals surface area contributed by atoms with Gasteiger partial charge in [0.25, 0.3) is 5.91 Å². The quantitative estimate of drug-likeness (QED) is 0.803. The highest BCUT2D eigenvalue weighted by Crippen LogP contribution is 2.27. The number of aliphatic hydroxyl groups excluding tert-OH is 1. The lowest BCUT2D eigenvalue weighted by atomic mass is 10.1. The van der Waals surface area contributed by atoms with Crippen molar-refractivity contribution in [2.75, 3.05) is 13.2 Å². The molecule has 2 N–H and O–H groups in total. The van der Waals surface area contributed by atoms with Gasteiger partial charge in [-0.25, -0.2) is 0 Å². The molecule has 0 radical (unpaired) electrons. The summed E-state index contributed by atoms with van der Waals surface area (Å²) in [5.41, 5.74) is 1.92. The molecule has 1 aromatic heterocycles. The van der Waals surface area contributed by atoms with E-state index < -0.39 is 6.10 Å². The average Bonchev–Trinajstić information content (AvgIpc) is 3.11. The van der Waals surface area contributed by atoms with Crippen LogP contribution >= 0.6 is 0 Å². The third-order valence-corrected chi connectivity index (χ3v) is 4.08. The lowest BCUT2D eigenvalue weighted by Crippen LogP contribution is -2.44. The Labute approximate surface area is 126 Å². The van der Waals surface area contributed by atoms with E-state index in [1.54, 1.807) is 30.6 Å². The third kappa shape index (κ3) is 2.23. The number of amides is 1. The van der Waals surface area contributed by atoms with Gasteiger partial charge >= 0.3 is 0 Å². The number of nitrogens with zero attached hydrogens (tertiary/aromatic N) is 2. The molecular formula is C15H15N3O4. The van der Waals surface area contributed by atoms with E-state index in [0.717, 1.165) is 5.52 Å². The summed E-state index contributed by atoms with van der Waals surface area (Å²) in [6.45, 7) is 0.582. The summed E-state index contributed by atoms with van der Waals surface area (Å²) < 4.78 is 11.0. The maximum atomic E-state index is 12.4. The number of hydrogen-bond donors (Lipinski definition) is 2. The lowest BCUT2D eigenvalue weighted by Gasteiger charge is -2.17. The van der Waals surface area contributed by atoms with Crippen LogP contribution in [0.25, 0.3) is 11.0 Å². The molecule has 1 aromatic carbocycles. The highest BCUT2D eigenvalue weighted by Gasteiger charge is 2.47. The van der Waals surface area contributed by atoms with E-state index in [1.807, 2.05) is 0 Å². The van der Waals surface area contributed by atoms with Crippen LogP contribution in [0.15, 0.2) is 30.6 Å². The van der Waals surface area contributed by atoms with Crippen LogP contribution < -0.4 is 5.32 Å². The minimum absolute atomic E-state index is 0.216. The predicted octanol–water partition coefficient (Wildman–Crippen LogP) is -0.113. The highest BCUT2D eigenvalue weighted by atomic mass is 16.6. The van der Waals surface area contributed by atoms with Gasteiger partial charge in [0, 0.05) is 18.0 Å². The maximum absolute atomic E-state index is 12.4. The minimum Gasteiger partial charge on any atom is -0.388 e. The predicted molar refractivity (Wildman–Crippen MR) is 76.3 cm³/mol. The summed E-state index contributed by atoms with van der Waals surface area (Å²) in [6.07, 6.45) is 1.93. The van der Waals surface area contributed by atoms with E-state index in [4.69, 9.17) is 9.47 Å². The molecule has 2 aliphatic rings. The van der Waals surface area contributed by atoms with Crippen LogP contribution in [0.1, 0.15) is 10.4 Å². The monoisotopic (exact) mass is 301 g/mol. The van der Waals surface area contributed by atoms with E-state index >= 15 is 0 Å². The molecule has 0 saturated carbocycles. The van der Waals surface area contributed by atoms with Gasteiger partial charge in [0.2, 0.25) is 0 Å². The van der Waals surface area contributed by atoms with Crippen LogP contribution in [0, 0.1) is 0 Å². The van der Waals surface area contributed by atoms with Crippen molar-refractivity contribution < 1.29 is 19.4 Å². The standard InChI is InChI=1S/C15H15N3O4/c19-12-7-22-13-11(6-21-14(12)13)18-15(20)8-1-2-9-10(5-8)17-4-3-16-9/h1-5,11-14,19H,6-7H2,(H,18,20)/t11-,12-,13-,14-/m1/s1. The number of ether oxygens (including phenoxy) is 2. The number of fused-ring (bicyclic) bond motifs is 2. The number of carbonyl (C=O) groups is 1. The molecule has 3 heterocycles. The normalized spacial score (nSPS) is 30.4. The Morgan fingerprint density at radius 3 is 2.77 bits per heavy atom. The second-order valence-electron chi connectivity index (χ2n) is 5.50. The lowest BCUT2D eigenvalue weighted by molar-refractivity contribution is 0.0178. The van der Waals surface area contributed by atoms with Gasteiger partial charge in [-0.05, 0) is 18.2 Å². The maximum Gasteiger partial charge on any atom is 0.251 e. The summed E-state index contributed by atoms with van der Waals surface area (Å²) >= 11 is 0. The Kier molecular flexibility index (Phi) is 3.25. The Morgan fingerprint density at radius 1 is 1.14 bits per heavy atom. The first-order valence-corrected chi connectivity index (χ1v) is 7.15. The second kappa shape index (κ2) is 5.28. The average molecular weight is 301 g/mol. The summed E-state index contributed by atoms with van der Waals surface area (Å²) in [4.78, 5) is 20.8.